The van der Waals surface area contributed by atoms with Gasteiger partial charge in [-0.05, 0) is 82.6 Å². The zero-order chi connectivity index (χ0) is 34.6. The van der Waals surface area contributed by atoms with E-state index in [0.717, 1.165) is 44.4 Å². The van der Waals surface area contributed by atoms with E-state index in [1.165, 1.54) is 58.7 Å². The van der Waals surface area contributed by atoms with Crippen molar-refractivity contribution in [1.82, 2.24) is 19.1 Å². The minimum absolute atomic E-state index is 0.681. The van der Waals surface area contributed by atoms with Crippen molar-refractivity contribution in [2.24, 2.45) is 0 Å². The molecule has 5 heteroatoms. The van der Waals surface area contributed by atoms with E-state index >= 15 is 0 Å². The standard InChI is InChI=1S/C48H28N4S/c1-2-12-32(13-3-1)51-39-18-8-6-15-34(39)37-27-30(23-25-40(37)51)31-21-24-35-42(28-31)52(41-26-22-29-11-4-5-14-33(29)45(35)41)48-49-38-17-10-20-44-46(38)47(50-48)36-16-7-9-19-43(36)53-44/h1-28H. The molecule has 0 aliphatic carbocycles. The van der Waals surface area contributed by atoms with E-state index in [-0.39, 0.29) is 0 Å². The fraction of sp³-hybridized carbons (Fsp3) is 0. The molecule has 0 radical (unpaired) electrons. The largest absolute Gasteiger partial charge is 0.309 e. The van der Waals surface area contributed by atoms with E-state index in [9.17, 15) is 0 Å². The Hall–Kier alpha value is -6.69. The SMILES string of the molecule is c1ccc(-n2c3ccccc3c3cc(-c4ccc5c6c7ccccc7ccc6n(-c6nc7c8c(cccc8n6)Sc6ccccc6-7)c5c4)ccc32)cc1. The highest BCUT2D eigenvalue weighted by Crippen LogP contribution is 2.47. The van der Waals surface area contributed by atoms with Gasteiger partial charge in [0.05, 0.1) is 33.3 Å². The Balaban J connectivity index is 1.14. The van der Waals surface area contributed by atoms with E-state index in [1.807, 2.05) is 0 Å². The van der Waals surface area contributed by atoms with Gasteiger partial charge in [-0.1, -0.05) is 121 Å². The Morgan fingerprint density at radius 3 is 2.09 bits per heavy atom. The van der Waals surface area contributed by atoms with Crippen LogP contribution in [0.3, 0.4) is 0 Å². The van der Waals surface area contributed by atoms with E-state index in [1.54, 1.807) is 11.8 Å². The van der Waals surface area contributed by atoms with Crippen molar-refractivity contribution in [1.29, 1.82) is 0 Å². The molecular weight excluding hydrogens is 665 g/mol. The molecule has 0 bridgehead atoms. The molecule has 0 fully saturated rings. The Morgan fingerprint density at radius 2 is 1.15 bits per heavy atom. The molecule has 53 heavy (non-hydrogen) atoms. The van der Waals surface area contributed by atoms with E-state index in [2.05, 4.69) is 179 Å². The summed E-state index contributed by atoms with van der Waals surface area (Å²) in [7, 11) is 0. The minimum Gasteiger partial charge on any atom is -0.309 e. The first-order valence-corrected chi connectivity index (χ1v) is 18.7. The molecule has 0 N–H and O–H groups in total. The van der Waals surface area contributed by atoms with Crippen LogP contribution in [0.5, 0.6) is 0 Å². The van der Waals surface area contributed by atoms with Crippen LogP contribution in [0.1, 0.15) is 0 Å². The van der Waals surface area contributed by atoms with Gasteiger partial charge in [-0.15, -0.1) is 0 Å². The van der Waals surface area contributed by atoms with Gasteiger partial charge in [-0.3, -0.25) is 4.57 Å². The average molecular weight is 693 g/mol. The second-order valence-corrected chi connectivity index (χ2v) is 14.9. The average Bonchev–Trinajstić information content (AvgIpc) is 3.73. The summed E-state index contributed by atoms with van der Waals surface area (Å²) in [6, 6.07) is 61.3. The molecule has 0 amide bonds. The number of hydrogen-bond acceptors (Lipinski definition) is 3. The summed E-state index contributed by atoms with van der Waals surface area (Å²) < 4.78 is 4.65. The predicted octanol–water partition coefficient (Wildman–Crippen LogP) is 12.8. The molecule has 0 saturated heterocycles. The lowest BCUT2D eigenvalue weighted by Crippen LogP contribution is -2.05. The summed E-state index contributed by atoms with van der Waals surface area (Å²) in [6.07, 6.45) is 0. The topological polar surface area (TPSA) is 35.6 Å². The van der Waals surface area contributed by atoms with Crippen molar-refractivity contribution < 1.29 is 0 Å². The van der Waals surface area contributed by atoms with Gasteiger partial charge in [-0.25, -0.2) is 9.97 Å². The quantitative estimate of drug-likeness (QED) is 0.185. The summed E-state index contributed by atoms with van der Waals surface area (Å²) >= 11 is 1.80. The zero-order valence-electron chi connectivity index (χ0n) is 28.4. The lowest BCUT2D eigenvalue weighted by Gasteiger charge is -2.20. The minimum atomic E-state index is 0.681. The van der Waals surface area contributed by atoms with Crippen LogP contribution in [0.15, 0.2) is 180 Å². The highest BCUT2D eigenvalue weighted by Gasteiger charge is 2.24. The first-order valence-electron chi connectivity index (χ1n) is 17.9. The molecule has 1 aliphatic heterocycles. The summed E-state index contributed by atoms with van der Waals surface area (Å²) in [5.41, 5.74) is 11.1. The molecule has 246 valence electrons. The number of para-hydroxylation sites is 2. The molecule has 12 rings (SSSR count). The fourth-order valence-electron chi connectivity index (χ4n) is 8.58. The Labute approximate surface area is 308 Å². The van der Waals surface area contributed by atoms with Gasteiger partial charge in [0.2, 0.25) is 5.95 Å². The van der Waals surface area contributed by atoms with Gasteiger partial charge in [0.15, 0.2) is 0 Å². The molecule has 0 atom stereocenters. The molecule has 0 spiro atoms. The van der Waals surface area contributed by atoms with Crippen LogP contribution in [0, 0.1) is 0 Å². The zero-order valence-corrected chi connectivity index (χ0v) is 29.2. The van der Waals surface area contributed by atoms with Crippen LogP contribution in [-0.2, 0) is 0 Å². The molecule has 3 aromatic heterocycles. The normalized spacial score (nSPS) is 12.5. The van der Waals surface area contributed by atoms with Crippen molar-refractivity contribution in [2.75, 3.05) is 0 Å². The maximum Gasteiger partial charge on any atom is 0.235 e. The molecule has 8 aromatic carbocycles. The van der Waals surface area contributed by atoms with Crippen molar-refractivity contribution in [3.05, 3.63) is 170 Å². The van der Waals surface area contributed by atoms with E-state index < -0.39 is 0 Å². The summed E-state index contributed by atoms with van der Waals surface area (Å²) in [5.74, 6) is 0.681. The third-order valence-electron chi connectivity index (χ3n) is 10.9. The molecule has 4 heterocycles. The summed E-state index contributed by atoms with van der Waals surface area (Å²) in [5, 5.41) is 8.44. The number of benzene rings is 8. The van der Waals surface area contributed by atoms with Crippen LogP contribution >= 0.6 is 11.8 Å². The van der Waals surface area contributed by atoms with Crippen molar-refractivity contribution in [3.63, 3.8) is 0 Å². The van der Waals surface area contributed by atoms with Crippen molar-refractivity contribution in [3.8, 4) is 34.0 Å². The Morgan fingerprint density at radius 1 is 0.415 bits per heavy atom. The van der Waals surface area contributed by atoms with Crippen LogP contribution in [0.2, 0.25) is 0 Å². The second-order valence-electron chi connectivity index (χ2n) is 13.8. The van der Waals surface area contributed by atoms with Crippen LogP contribution < -0.4 is 0 Å². The van der Waals surface area contributed by atoms with Gasteiger partial charge in [0, 0.05) is 48.0 Å². The predicted molar refractivity (Wildman–Crippen MR) is 221 cm³/mol. The van der Waals surface area contributed by atoms with Crippen LogP contribution in [-0.4, -0.2) is 19.1 Å². The van der Waals surface area contributed by atoms with Gasteiger partial charge >= 0.3 is 0 Å². The third kappa shape index (κ3) is 4.14. The number of rotatable bonds is 3. The van der Waals surface area contributed by atoms with Crippen molar-refractivity contribution in [2.45, 2.75) is 9.79 Å². The smallest absolute Gasteiger partial charge is 0.235 e. The highest BCUT2D eigenvalue weighted by atomic mass is 32.2. The van der Waals surface area contributed by atoms with Gasteiger partial charge < -0.3 is 4.57 Å². The van der Waals surface area contributed by atoms with E-state index in [0.29, 0.717) is 5.95 Å². The number of aromatic nitrogens is 4. The Bertz CT molecular complexity index is 3320. The lowest BCUT2D eigenvalue weighted by atomic mass is 10.00. The monoisotopic (exact) mass is 692 g/mol. The summed E-state index contributed by atoms with van der Waals surface area (Å²) in [4.78, 5) is 13.2. The first-order chi connectivity index (χ1) is 26.3. The molecule has 4 nitrogen and oxygen atoms in total. The highest BCUT2D eigenvalue weighted by molar-refractivity contribution is 7.99. The maximum atomic E-state index is 5.44. The van der Waals surface area contributed by atoms with Crippen LogP contribution in [0.4, 0.5) is 0 Å². The molecule has 0 unspecified atom stereocenters. The van der Waals surface area contributed by atoms with E-state index in [4.69, 9.17) is 9.97 Å². The lowest BCUT2D eigenvalue weighted by molar-refractivity contribution is 1.01. The van der Waals surface area contributed by atoms with Crippen LogP contribution in [0.25, 0.3) is 99.3 Å². The van der Waals surface area contributed by atoms with Gasteiger partial charge in [0.1, 0.15) is 0 Å². The number of fused-ring (bicyclic) bond motifs is 10. The first kappa shape index (κ1) is 28.9. The number of hydrogen-bond donors (Lipinski definition) is 0. The molecule has 0 saturated carbocycles. The summed E-state index contributed by atoms with van der Waals surface area (Å²) in [6.45, 7) is 0. The maximum absolute atomic E-state index is 5.44. The molecular formula is C48H28N4S. The molecule has 11 aromatic rings. The fourth-order valence-corrected chi connectivity index (χ4v) is 9.69. The Kier molecular flexibility index (Phi) is 5.96. The molecule has 1 aliphatic rings. The van der Waals surface area contributed by atoms with Gasteiger partial charge in [0.25, 0.3) is 0 Å². The number of nitrogens with zero attached hydrogens (tertiary/aromatic N) is 4. The van der Waals surface area contributed by atoms with Gasteiger partial charge in [-0.2, -0.15) is 0 Å². The third-order valence-corrected chi connectivity index (χ3v) is 12.0. The second kappa shape index (κ2) is 10.9. The van der Waals surface area contributed by atoms with Crippen molar-refractivity contribution >= 4 is 77.0 Å².